The number of aromatic nitrogens is 2. The van der Waals surface area contributed by atoms with Crippen molar-refractivity contribution in [2.45, 2.75) is 19.9 Å². The quantitative estimate of drug-likeness (QED) is 0.375. The summed E-state index contributed by atoms with van der Waals surface area (Å²) in [4.78, 5) is 4.81. The molecule has 0 aliphatic heterocycles. The van der Waals surface area contributed by atoms with Crippen molar-refractivity contribution in [2.24, 2.45) is 0 Å². The molecule has 3 nitrogen and oxygen atoms in total. The molecule has 0 spiro atoms. The van der Waals surface area contributed by atoms with Crippen LogP contribution in [-0.4, -0.2) is 16.2 Å². The number of para-hydroxylation sites is 2. The predicted octanol–water partition coefficient (Wildman–Crippen LogP) is 5.98. The van der Waals surface area contributed by atoms with Crippen LogP contribution in [0.25, 0.3) is 23.2 Å². The van der Waals surface area contributed by atoms with E-state index in [2.05, 4.69) is 66.1 Å². The monoisotopic (exact) mass is 368 g/mol. The fourth-order valence-electron chi connectivity index (χ4n) is 3.24. The lowest BCUT2D eigenvalue weighted by molar-refractivity contribution is 0.302. The van der Waals surface area contributed by atoms with Crippen molar-refractivity contribution in [1.82, 2.24) is 9.55 Å². The molecule has 0 fully saturated rings. The highest BCUT2D eigenvalue weighted by Crippen LogP contribution is 2.19. The predicted molar refractivity (Wildman–Crippen MR) is 116 cm³/mol. The van der Waals surface area contributed by atoms with Gasteiger partial charge in [-0.3, -0.25) is 0 Å². The van der Waals surface area contributed by atoms with E-state index in [9.17, 15) is 0 Å². The van der Waals surface area contributed by atoms with Crippen LogP contribution in [0.4, 0.5) is 0 Å². The van der Waals surface area contributed by atoms with Gasteiger partial charge in [0.15, 0.2) is 0 Å². The Balaban J connectivity index is 1.48. The summed E-state index contributed by atoms with van der Waals surface area (Å²) >= 11 is 0. The van der Waals surface area contributed by atoms with Gasteiger partial charge in [0.2, 0.25) is 0 Å². The van der Waals surface area contributed by atoms with Crippen molar-refractivity contribution in [3.05, 3.63) is 95.8 Å². The van der Waals surface area contributed by atoms with Gasteiger partial charge < -0.3 is 9.30 Å². The molecule has 0 saturated heterocycles. The maximum absolute atomic E-state index is 5.89. The number of hydrogen-bond acceptors (Lipinski definition) is 2. The topological polar surface area (TPSA) is 27.1 Å². The van der Waals surface area contributed by atoms with Gasteiger partial charge in [0.05, 0.1) is 17.6 Å². The number of ether oxygens (including phenoxy) is 1. The zero-order valence-electron chi connectivity index (χ0n) is 16.1. The smallest absolute Gasteiger partial charge is 0.133 e. The molecule has 0 amide bonds. The van der Waals surface area contributed by atoms with Crippen molar-refractivity contribution < 1.29 is 4.74 Å². The van der Waals surface area contributed by atoms with Crippen molar-refractivity contribution in [1.29, 1.82) is 0 Å². The standard InChI is InChI=1S/C25H24N2O/c1-20-12-15-22(16-13-20)28-19-7-18-27-24-11-6-5-10-23(24)26-25(27)17-14-21-8-3-2-4-9-21/h2-6,8-17H,7,18-19H2,1H3. The van der Waals surface area contributed by atoms with Crippen LogP contribution in [0.1, 0.15) is 23.4 Å². The van der Waals surface area contributed by atoms with Crippen LogP contribution in [0.5, 0.6) is 5.75 Å². The first-order valence-electron chi connectivity index (χ1n) is 9.67. The minimum Gasteiger partial charge on any atom is -0.494 e. The summed E-state index contributed by atoms with van der Waals surface area (Å²) in [6.07, 6.45) is 5.12. The number of nitrogens with zero attached hydrogens (tertiary/aromatic N) is 2. The molecular weight excluding hydrogens is 344 g/mol. The highest BCUT2D eigenvalue weighted by molar-refractivity contribution is 5.79. The zero-order chi connectivity index (χ0) is 19.2. The number of fused-ring (bicyclic) bond motifs is 1. The highest BCUT2D eigenvalue weighted by atomic mass is 16.5. The van der Waals surface area contributed by atoms with Crippen molar-refractivity contribution in [3.63, 3.8) is 0 Å². The SMILES string of the molecule is Cc1ccc(OCCCn2c(C=Cc3ccccc3)nc3ccccc32)cc1. The molecule has 0 saturated carbocycles. The largest absolute Gasteiger partial charge is 0.494 e. The van der Waals surface area contributed by atoms with E-state index < -0.39 is 0 Å². The lowest BCUT2D eigenvalue weighted by Gasteiger charge is -2.09. The Morgan fingerprint density at radius 2 is 1.61 bits per heavy atom. The average Bonchev–Trinajstić information content (AvgIpc) is 3.09. The molecule has 140 valence electrons. The third-order valence-corrected chi connectivity index (χ3v) is 4.72. The van der Waals surface area contributed by atoms with Crippen LogP contribution >= 0.6 is 0 Å². The van der Waals surface area contributed by atoms with E-state index in [1.165, 1.54) is 11.1 Å². The van der Waals surface area contributed by atoms with Crippen molar-refractivity contribution in [2.75, 3.05) is 6.61 Å². The lowest BCUT2D eigenvalue weighted by Crippen LogP contribution is -2.06. The van der Waals surface area contributed by atoms with E-state index in [0.717, 1.165) is 35.6 Å². The molecular formula is C25H24N2O. The molecule has 1 aromatic heterocycles. The number of hydrogen-bond donors (Lipinski definition) is 0. The summed E-state index contributed by atoms with van der Waals surface area (Å²) in [5, 5.41) is 0. The average molecular weight is 368 g/mol. The van der Waals surface area contributed by atoms with Crippen LogP contribution in [0.15, 0.2) is 78.9 Å². The van der Waals surface area contributed by atoms with E-state index in [0.29, 0.717) is 6.61 Å². The Morgan fingerprint density at radius 1 is 0.857 bits per heavy atom. The highest BCUT2D eigenvalue weighted by Gasteiger charge is 2.08. The van der Waals surface area contributed by atoms with Gasteiger partial charge in [0.25, 0.3) is 0 Å². The summed E-state index contributed by atoms with van der Waals surface area (Å²) in [5.74, 6) is 1.89. The maximum Gasteiger partial charge on any atom is 0.133 e. The van der Waals surface area contributed by atoms with Crippen LogP contribution in [0, 0.1) is 6.92 Å². The lowest BCUT2D eigenvalue weighted by atomic mass is 10.2. The van der Waals surface area contributed by atoms with E-state index in [1.54, 1.807) is 0 Å². The second-order valence-electron chi connectivity index (χ2n) is 6.87. The van der Waals surface area contributed by atoms with Gasteiger partial charge in [0, 0.05) is 6.54 Å². The summed E-state index contributed by atoms with van der Waals surface area (Å²) < 4.78 is 8.16. The molecule has 0 aliphatic rings. The van der Waals surface area contributed by atoms with Crippen LogP contribution in [-0.2, 0) is 6.54 Å². The zero-order valence-corrected chi connectivity index (χ0v) is 16.1. The first kappa shape index (κ1) is 18.1. The maximum atomic E-state index is 5.89. The summed E-state index contributed by atoms with van der Waals surface area (Å²) in [7, 11) is 0. The summed E-state index contributed by atoms with van der Waals surface area (Å²) in [5.41, 5.74) is 4.59. The fourth-order valence-corrected chi connectivity index (χ4v) is 3.24. The van der Waals surface area contributed by atoms with E-state index in [-0.39, 0.29) is 0 Å². The number of aryl methyl sites for hydroxylation is 2. The second-order valence-corrected chi connectivity index (χ2v) is 6.87. The minimum absolute atomic E-state index is 0.678. The molecule has 3 aromatic carbocycles. The first-order valence-corrected chi connectivity index (χ1v) is 9.67. The van der Waals surface area contributed by atoms with E-state index >= 15 is 0 Å². The Hall–Kier alpha value is -3.33. The molecule has 0 unspecified atom stereocenters. The third kappa shape index (κ3) is 4.32. The van der Waals surface area contributed by atoms with Gasteiger partial charge in [-0.05, 0) is 49.2 Å². The summed E-state index contributed by atoms with van der Waals surface area (Å²) in [6, 6.07) is 26.8. The van der Waals surface area contributed by atoms with Gasteiger partial charge in [-0.25, -0.2) is 4.98 Å². The van der Waals surface area contributed by atoms with Gasteiger partial charge in [-0.2, -0.15) is 0 Å². The second kappa shape index (κ2) is 8.57. The number of benzene rings is 3. The minimum atomic E-state index is 0.678. The van der Waals surface area contributed by atoms with E-state index in [4.69, 9.17) is 9.72 Å². The Labute approximate surface area is 165 Å². The molecule has 0 atom stereocenters. The molecule has 4 rings (SSSR count). The van der Waals surface area contributed by atoms with Gasteiger partial charge in [-0.15, -0.1) is 0 Å². The molecule has 3 heteroatoms. The van der Waals surface area contributed by atoms with Gasteiger partial charge in [-0.1, -0.05) is 66.2 Å². The Bertz CT molecular complexity index is 1060. The first-order chi connectivity index (χ1) is 13.8. The van der Waals surface area contributed by atoms with Crippen molar-refractivity contribution >= 4 is 23.2 Å². The molecule has 0 aliphatic carbocycles. The molecule has 0 bridgehead atoms. The molecule has 1 heterocycles. The van der Waals surface area contributed by atoms with Crippen LogP contribution in [0.3, 0.4) is 0 Å². The molecule has 0 N–H and O–H groups in total. The van der Waals surface area contributed by atoms with Crippen LogP contribution < -0.4 is 4.74 Å². The van der Waals surface area contributed by atoms with Gasteiger partial charge >= 0.3 is 0 Å². The molecule has 4 aromatic rings. The third-order valence-electron chi connectivity index (χ3n) is 4.72. The Morgan fingerprint density at radius 3 is 2.43 bits per heavy atom. The molecule has 28 heavy (non-hydrogen) atoms. The number of rotatable bonds is 7. The van der Waals surface area contributed by atoms with Crippen LogP contribution in [0.2, 0.25) is 0 Å². The van der Waals surface area contributed by atoms with Crippen molar-refractivity contribution in [3.8, 4) is 5.75 Å². The Kier molecular flexibility index (Phi) is 5.53. The summed E-state index contributed by atoms with van der Waals surface area (Å²) in [6.45, 7) is 3.62. The number of imidazole rings is 1. The fraction of sp³-hybridized carbons (Fsp3) is 0.160. The van der Waals surface area contributed by atoms with Gasteiger partial charge in [0.1, 0.15) is 11.6 Å². The normalized spacial score (nSPS) is 11.3. The van der Waals surface area contributed by atoms with E-state index in [1.807, 2.05) is 36.4 Å². The molecule has 0 radical (unpaired) electrons.